The first kappa shape index (κ1) is 18.6. The molecule has 0 radical (unpaired) electrons. The fraction of sp³-hybridized carbons (Fsp3) is 0.0476. The van der Waals surface area contributed by atoms with Crippen molar-refractivity contribution in [1.29, 1.82) is 5.26 Å². The van der Waals surface area contributed by atoms with Gasteiger partial charge in [0.1, 0.15) is 5.69 Å². The molecule has 2 aromatic carbocycles. The summed E-state index contributed by atoms with van der Waals surface area (Å²) in [6, 6.07) is 18.8. The van der Waals surface area contributed by atoms with Crippen molar-refractivity contribution in [2.45, 2.75) is 0 Å². The van der Waals surface area contributed by atoms with Crippen LogP contribution in [-0.2, 0) is 4.74 Å². The summed E-state index contributed by atoms with van der Waals surface area (Å²) in [7, 11) is 1.31. The first-order chi connectivity index (χ1) is 13.6. The molecule has 3 rings (SSSR count). The molecule has 7 heteroatoms. The van der Waals surface area contributed by atoms with Crippen molar-refractivity contribution in [3.8, 4) is 6.07 Å². The molecular formula is C21H16N4O3. The van der Waals surface area contributed by atoms with Gasteiger partial charge in [0.25, 0.3) is 5.91 Å². The zero-order valence-electron chi connectivity index (χ0n) is 15.0. The third kappa shape index (κ3) is 4.51. The van der Waals surface area contributed by atoms with Gasteiger partial charge in [-0.1, -0.05) is 6.07 Å². The Morgan fingerprint density at radius 2 is 1.75 bits per heavy atom. The highest BCUT2D eigenvalue weighted by atomic mass is 16.5. The van der Waals surface area contributed by atoms with Crippen LogP contribution in [0.4, 0.5) is 17.1 Å². The third-order valence-electron chi connectivity index (χ3n) is 3.84. The van der Waals surface area contributed by atoms with Crippen LogP contribution < -0.4 is 10.6 Å². The van der Waals surface area contributed by atoms with E-state index in [4.69, 9.17) is 5.26 Å². The molecule has 0 unspecified atom stereocenters. The van der Waals surface area contributed by atoms with Gasteiger partial charge in [-0.2, -0.15) is 5.26 Å². The number of anilines is 3. The number of pyridine rings is 1. The van der Waals surface area contributed by atoms with Crippen LogP contribution in [0.5, 0.6) is 0 Å². The SMILES string of the molecule is COC(=O)c1ccc(NC(=O)c2cc(Nc3cccc(C#N)c3)ccn2)cc1. The predicted octanol–water partition coefficient (Wildman–Crippen LogP) is 3.74. The summed E-state index contributed by atoms with van der Waals surface area (Å²) in [6.45, 7) is 0. The summed E-state index contributed by atoms with van der Waals surface area (Å²) >= 11 is 0. The third-order valence-corrected chi connectivity index (χ3v) is 3.84. The van der Waals surface area contributed by atoms with Gasteiger partial charge in [-0.05, 0) is 54.6 Å². The van der Waals surface area contributed by atoms with Crippen LogP contribution in [0.1, 0.15) is 26.4 Å². The van der Waals surface area contributed by atoms with Crippen molar-refractivity contribution in [1.82, 2.24) is 4.98 Å². The first-order valence-electron chi connectivity index (χ1n) is 8.32. The van der Waals surface area contributed by atoms with Gasteiger partial charge in [0.05, 0.1) is 24.3 Å². The van der Waals surface area contributed by atoms with E-state index < -0.39 is 5.97 Å². The molecule has 2 N–H and O–H groups in total. The number of hydrogen-bond acceptors (Lipinski definition) is 6. The Morgan fingerprint density at radius 3 is 2.46 bits per heavy atom. The molecule has 1 aromatic heterocycles. The Bertz CT molecular complexity index is 1060. The second-order valence-electron chi connectivity index (χ2n) is 5.77. The first-order valence-corrected chi connectivity index (χ1v) is 8.32. The molecule has 0 aliphatic heterocycles. The fourth-order valence-electron chi connectivity index (χ4n) is 2.47. The zero-order valence-corrected chi connectivity index (χ0v) is 15.0. The van der Waals surface area contributed by atoms with Gasteiger partial charge in [-0.15, -0.1) is 0 Å². The summed E-state index contributed by atoms with van der Waals surface area (Å²) in [5.74, 6) is -0.834. The molecule has 1 amide bonds. The van der Waals surface area contributed by atoms with Gasteiger partial charge < -0.3 is 15.4 Å². The summed E-state index contributed by atoms with van der Waals surface area (Å²) in [5, 5.41) is 14.8. The predicted molar refractivity (Wildman–Crippen MR) is 104 cm³/mol. The molecular weight excluding hydrogens is 356 g/mol. The Kier molecular flexibility index (Phi) is 5.63. The molecule has 0 fully saturated rings. The Morgan fingerprint density at radius 1 is 1.00 bits per heavy atom. The number of hydrogen-bond donors (Lipinski definition) is 2. The molecule has 0 aliphatic rings. The van der Waals surface area contributed by atoms with E-state index in [2.05, 4.69) is 26.4 Å². The standard InChI is InChI=1S/C21H16N4O3/c1-28-21(27)15-5-7-16(8-6-15)25-20(26)19-12-18(9-10-23-19)24-17-4-2-3-14(11-17)13-22/h2-12H,1H3,(H,23,24)(H,25,26). The molecule has 1 heterocycles. The molecule has 3 aromatic rings. The number of carbonyl (C=O) groups excluding carboxylic acids is 2. The summed E-state index contributed by atoms with van der Waals surface area (Å²) in [6.07, 6.45) is 1.52. The van der Waals surface area contributed by atoms with Crippen LogP contribution in [0, 0.1) is 11.3 Å². The van der Waals surface area contributed by atoms with E-state index in [1.54, 1.807) is 54.6 Å². The van der Waals surface area contributed by atoms with Gasteiger partial charge in [0, 0.05) is 23.3 Å². The van der Waals surface area contributed by atoms with Crippen molar-refractivity contribution < 1.29 is 14.3 Å². The zero-order chi connectivity index (χ0) is 19.9. The smallest absolute Gasteiger partial charge is 0.337 e. The van der Waals surface area contributed by atoms with Crippen LogP contribution >= 0.6 is 0 Å². The summed E-state index contributed by atoms with van der Waals surface area (Å²) in [5.41, 5.74) is 3.07. The lowest BCUT2D eigenvalue weighted by atomic mass is 10.2. The maximum absolute atomic E-state index is 12.5. The second kappa shape index (κ2) is 8.47. The van der Waals surface area contributed by atoms with Gasteiger partial charge in [0.15, 0.2) is 0 Å². The number of benzene rings is 2. The highest BCUT2D eigenvalue weighted by Crippen LogP contribution is 2.18. The Labute approximate surface area is 161 Å². The molecule has 7 nitrogen and oxygen atoms in total. The minimum Gasteiger partial charge on any atom is -0.465 e. The van der Waals surface area contributed by atoms with E-state index in [0.717, 1.165) is 5.69 Å². The Balaban J connectivity index is 1.71. The van der Waals surface area contributed by atoms with Gasteiger partial charge in [-0.25, -0.2) is 4.79 Å². The second-order valence-corrected chi connectivity index (χ2v) is 5.77. The maximum atomic E-state index is 12.5. The normalized spacial score (nSPS) is 9.86. The van der Waals surface area contributed by atoms with Crippen LogP contribution in [0.2, 0.25) is 0 Å². The quantitative estimate of drug-likeness (QED) is 0.661. The van der Waals surface area contributed by atoms with Crippen molar-refractivity contribution in [2.75, 3.05) is 17.7 Å². The number of amides is 1. The number of nitrogens with zero attached hydrogens (tertiary/aromatic N) is 2. The molecule has 0 spiro atoms. The monoisotopic (exact) mass is 372 g/mol. The number of ether oxygens (including phenoxy) is 1. The number of nitrogens with one attached hydrogen (secondary N) is 2. The number of carbonyl (C=O) groups is 2. The lowest BCUT2D eigenvalue weighted by Gasteiger charge is -2.09. The highest BCUT2D eigenvalue weighted by Gasteiger charge is 2.10. The molecule has 0 aliphatic carbocycles. The molecule has 138 valence electrons. The lowest BCUT2D eigenvalue weighted by Crippen LogP contribution is -2.14. The number of rotatable bonds is 5. The van der Waals surface area contributed by atoms with Gasteiger partial charge >= 0.3 is 5.97 Å². The van der Waals surface area contributed by atoms with E-state index in [1.165, 1.54) is 13.3 Å². The van der Waals surface area contributed by atoms with Crippen molar-refractivity contribution >= 4 is 28.9 Å². The molecule has 0 saturated carbocycles. The fourth-order valence-corrected chi connectivity index (χ4v) is 2.47. The number of methoxy groups -OCH3 is 1. The summed E-state index contributed by atoms with van der Waals surface area (Å²) < 4.78 is 4.64. The maximum Gasteiger partial charge on any atom is 0.337 e. The topological polar surface area (TPSA) is 104 Å². The minimum absolute atomic E-state index is 0.221. The van der Waals surface area contributed by atoms with Crippen LogP contribution in [0.15, 0.2) is 66.9 Å². The molecule has 0 atom stereocenters. The van der Waals surface area contributed by atoms with Crippen molar-refractivity contribution in [2.24, 2.45) is 0 Å². The lowest BCUT2D eigenvalue weighted by molar-refractivity contribution is 0.0600. The van der Waals surface area contributed by atoms with Crippen molar-refractivity contribution in [3.63, 3.8) is 0 Å². The van der Waals surface area contributed by atoms with E-state index >= 15 is 0 Å². The molecule has 0 bridgehead atoms. The van der Waals surface area contributed by atoms with E-state index in [0.29, 0.717) is 22.5 Å². The average molecular weight is 372 g/mol. The van der Waals surface area contributed by atoms with Gasteiger partial charge in [0.2, 0.25) is 0 Å². The van der Waals surface area contributed by atoms with Crippen LogP contribution in [0.3, 0.4) is 0 Å². The average Bonchev–Trinajstić information content (AvgIpc) is 2.74. The minimum atomic E-state index is -0.446. The van der Waals surface area contributed by atoms with Crippen LogP contribution in [-0.4, -0.2) is 24.0 Å². The van der Waals surface area contributed by atoms with Gasteiger partial charge in [-0.3, -0.25) is 9.78 Å². The molecule has 0 saturated heterocycles. The molecule has 28 heavy (non-hydrogen) atoms. The largest absolute Gasteiger partial charge is 0.465 e. The van der Waals surface area contributed by atoms with E-state index in [9.17, 15) is 9.59 Å². The number of aromatic nitrogens is 1. The highest BCUT2D eigenvalue weighted by molar-refractivity contribution is 6.03. The van der Waals surface area contributed by atoms with Crippen molar-refractivity contribution in [3.05, 3.63) is 83.7 Å². The van der Waals surface area contributed by atoms with Crippen LogP contribution in [0.25, 0.3) is 0 Å². The number of nitriles is 1. The number of esters is 1. The summed E-state index contributed by atoms with van der Waals surface area (Å²) in [4.78, 5) is 28.0. The van der Waals surface area contributed by atoms with E-state index in [1.807, 2.05) is 6.07 Å². The van der Waals surface area contributed by atoms with E-state index in [-0.39, 0.29) is 11.6 Å². The Hall–Kier alpha value is -4.18.